The van der Waals surface area contributed by atoms with E-state index in [1.165, 1.54) is 0 Å². The van der Waals surface area contributed by atoms with Gasteiger partial charge in [-0.1, -0.05) is 0 Å². The van der Waals surface area contributed by atoms with Gasteiger partial charge in [0.05, 0.1) is 36.4 Å². The quantitative estimate of drug-likeness (QED) is 0.573. The summed E-state index contributed by atoms with van der Waals surface area (Å²) in [6, 6.07) is 7.01. The Balaban J connectivity index is 1.60. The number of amides is 2. The molecule has 2 amide bonds. The molecule has 1 aliphatic rings. The van der Waals surface area contributed by atoms with Crippen LogP contribution in [-0.4, -0.2) is 68.7 Å². The molecule has 0 saturated heterocycles. The minimum atomic E-state index is -0.677. The van der Waals surface area contributed by atoms with Crippen LogP contribution in [0.4, 0.5) is 0 Å². The molecular formula is C23H32N4O5. The number of furan rings is 2. The van der Waals surface area contributed by atoms with Gasteiger partial charge in [0.1, 0.15) is 17.3 Å². The number of Topliss-reactive ketones (excluding diaryl/α,β-unsaturated/α-hetero) is 1. The number of ketones is 1. The van der Waals surface area contributed by atoms with Gasteiger partial charge in [-0.2, -0.15) is 0 Å². The summed E-state index contributed by atoms with van der Waals surface area (Å²) in [5, 5.41) is 5.82. The van der Waals surface area contributed by atoms with Crippen molar-refractivity contribution < 1.29 is 23.2 Å². The van der Waals surface area contributed by atoms with Crippen molar-refractivity contribution in [3.8, 4) is 0 Å². The number of carbonyl (C=O) groups is 3. The highest BCUT2D eigenvalue weighted by Crippen LogP contribution is 2.30. The molecular weight excluding hydrogens is 412 g/mol. The Hall–Kier alpha value is -2.91. The zero-order chi connectivity index (χ0) is 23.3. The van der Waals surface area contributed by atoms with Crippen LogP contribution in [-0.2, 0) is 14.4 Å². The predicted molar refractivity (Wildman–Crippen MR) is 118 cm³/mol. The number of nitrogens with one attached hydrogen (secondary N) is 2. The summed E-state index contributed by atoms with van der Waals surface area (Å²) in [6.45, 7) is 0.638. The van der Waals surface area contributed by atoms with Gasteiger partial charge in [0.15, 0.2) is 0 Å². The molecule has 0 aromatic carbocycles. The Morgan fingerprint density at radius 1 is 0.875 bits per heavy atom. The van der Waals surface area contributed by atoms with Crippen LogP contribution in [0.1, 0.15) is 36.4 Å². The van der Waals surface area contributed by atoms with Gasteiger partial charge in [-0.25, -0.2) is 0 Å². The van der Waals surface area contributed by atoms with Crippen molar-refractivity contribution in [2.45, 2.75) is 24.9 Å². The molecule has 9 nitrogen and oxygen atoms in total. The van der Waals surface area contributed by atoms with Crippen LogP contribution in [0, 0.1) is 11.8 Å². The van der Waals surface area contributed by atoms with Gasteiger partial charge >= 0.3 is 0 Å². The predicted octanol–water partition coefficient (Wildman–Crippen LogP) is 1.61. The summed E-state index contributed by atoms with van der Waals surface area (Å²) in [4.78, 5) is 41.9. The van der Waals surface area contributed by atoms with Crippen molar-refractivity contribution in [1.29, 1.82) is 0 Å². The van der Waals surface area contributed by atoms with Gasteiger partial charge in [0, 0.05) is 25.9 Å². The first-order valence-corrected chi connectivity index (χ1v) is 10.7. The van der Waals surface area contributed by atoms with E-state index in [1.54, 1.807) is 24.7 Å². The van der Waals surface area contributed by atoms with Gasteiger partial charge in [-0.15, -0.1) is 0 Å². The van der Waals surface area contributed by atoms with Crippen molar-refractivity contribution in [2.24, 2.45) is 11.8 Å². The maximum atomic E-state index is 12.9. The van der Waals surface area contributed by atoms with Crippen LogP contribution in [0.5, 0.6) is 0 Å². The average Bonchev–Trinajstić information content (AvgIpc) is 3.49. The Bertz CT molecular complexity index is 819. The third-order valence-electron chi connectivity index (χ3n) is 5.98. The zero-order valence-corrected chi connectivity index (χ0v) is 19.0. The number of likely N-dealkylation sites (N-methyl/N-ethyl adjacent to an activating group) is 2. The molecule has 2 aromatic rings. The van der Waals surface area contributed by atoms with Gasteiger partial charge in [-0.05, 0) is 52.5 Å². The third-order valence-corrected chi connectivity index (χ3v) is 5.98. The van der Waals surface area contributed by atoms with Crippen molar-refractivity contribution in [3.05, 3.63) is 48.3 Å². The minimum Gasteiger partial charge on any atom is -0.468 e. The number of hydrogen-bond donors (Lipinski definition) is 2. The van der Waals surface area contributed by atoms with Crippen LogP contribution < -0.4 is 10.6 Å². The van der Waals surface area contributed by atoms with Crippen molar-refractivity contribution in [2.75, 3.05) is 41.3 Å². The van der Waals surface area contributed by atoms with Crippen LogP contribution in [0.25, 0.3) is 0 Å². The second kappa shape index (κ2) is 10.6. The molecule has 0 bridgehead atoms. The molecule has 2 aromatic heterocycles. The molecule has 4 atom stereocenters. The van der Waals surface area contributed by atoms with E-state index in [0.717, 1.165) is 11.5 Å². The SMILES string of the molecule is CN(C)[C@H](CNC(=O)[C@@H]1CC(=O)C[C@H]1C(=O)NC[C@H](c1ccco1)N(C)C)c1ccco1. The lowest BCUT2D eigenvalue weighted by Gasteiger charge is -2.25. The van der Waals surface area contributed by atoms with Gasteiger partial charge in [0.2, 0.25) is 11.8 Å². The molecule has 0 radical (unpaired) electrons. The highest BCUT2D eigenvalue weighted by Gasteiger charge is 2.42. The summed E-state index contributed by atoms with van der Waals surface area (Å²) in [6.07, 6.45) is 3.33. The van der Waals surface area contributed by atoms with Crippen molar-refractivity contribution in [1.82, 2.24) is 20.4 Å². The second-order valence-electron chi connectivity index (χ2n) is 8.64. The Morgan fingerprint density at radius 3 is 1.59 bits per heavy atom. The van der Waals surface area contributed by atoms with E-state index < -0.39 is 11.8 Å². The monoisotopic (exact) mass is 444 g/mol. The maximum Gasteiger partial charge on any atom is 0.224 e. The standard InChI is InChI=1S/C23H32N4O5/c1-26(2)18(20-7-5-9-31-20)13-24-22(29)16-11-15(28)12-17(16)23(30)25-14-19(27(3)4)21-8-6-10-32-21/h5-10,16-19H,11-14H2,1-4H3,(H,24,29)(H,25,30)/t16-,17-,18-,19-/m1/s1. The van der Waals surface area contributed by atoms with Crippen molar-refractivity contribution in [3.63, 3.8) is 0 Å². The summed E-state index contributed by atoms with van der Waals surface area (Å²) in [5.41, 5.74) is 0. The fraction of sp³-hybridized carbons (Fsp3) is 0.522. The third kappa shape index (κ3) is 5.66. The van der Waals surface area contributed by atoms with Gasteiger partial charge in [-0.3, -0.25) is 24.2 Å². The number of hydrogen-bond acceptors (Lipinski definition) is 7. The molecule has 2 N–H and O–H groups in total. The Morgan fingerprint density at radius 2 is 1.28 bits per heavy atom. The molecule has 0 unspecified atom stereocenters. The van der Waals surface area contributed by atoms with E-state index in [2.05, 4.69) is 10.6 Å². The normalized spacial score (nSPS) is 20.5. The fourth-order valence-electron chi connectivity index (χ4n) is 4.10. The van der Waals surface area contributed by atoms with Crippen LogP contribution >= 0.6 is 0 Å². The second-order valence-corrected chi connectivity index (χ2v) is 8.64. The molecule has 0 aliphatic heterocycles. The Kier molecular flexibility index (Phi) is 7.87. The summed E-state index contributed by atoms with van der Waals surface area (Å²) in [5.74, 6) is -0.531. The summed E-state index contributed by atoms with van der Waals surface area (Å²) < 4.78 is 10.9. The van der Waals surface area contributed by atoms with Crippen LogP contribution in [0.3, 0.4) is 0 Å². The first-order valence-electron chi connectivity index (χ1n) is 10.7. The minimum absolute atomic E-state index is 0.0734. The van der Waals surface area contributed by atoms with E-state index in [0.29, 0.717) is 13.1 Å². The van der Waals surface area contributed by atoms with Crippen LogP contribution in [0.15, 0.2) is 45.6 Å². The lowest BCUT2D eigenvalue weighted by atomic mass is 9.94. The van der Waals surface area contributed by atoms with E-state index in [1.807, 2.05) is 50.1 Å². The Labute approximate surface area is 188 Å². The molecule has 3 rings (SSSR count). The van der Waals surface area contributed by atoms with E-state index in [9.17, 15) is 14.4 Å². The lowest BCUT2D eigenvalue weighted by Crippen LogP contribution is -2.43. The molecule has 9 heteroatoms. The van der Waals surface area contributed by atoms with E-state index in [4.69, 9.17) is 8.83 Å². The highest BCUT2D eigenvalue weighted by molar-refractivity contribution is 5.98. The van der Waals surface area contributed by atoms with Crippen LogP contribution in [0.2, 0.25) is 0 Å². The number of nitrogens with zero attached hydrogens (tertiary/aromatic N) is 2. The molecule has 2 heterocycles. The molecule has 1 saturated carbocycles. The highest BCUT2D eigenvalue weighted by atomic mass is 16.3. The smallest absolute Gasteiger partial charge is 0.224 e. The maximum absolute atomic E-state index is 12.9. The molecule has 0 spiro atoms. The zero-order valence-electron chi connectivity index (χ0n) is 19.0. The van der Waals surface area contributed by atoms with E-state index >= 15 is 0 Å². The topological polar surface area (TPSA) is 108 Å². The van der Waals surface area contributed by atoms with E-state index in [-0.39, 0.29) is 42.5 Å². The average molecular weight is 445 g/mol. The number of rotatable bonds is 10. The number of carbonyl (C=O) groups excluding carboxylic acids is 3. The fourth-order valence-corrected chi connectivity index (χ4v) is 4.10. The first-order chi connectivity index (χ1) is 15.3. The summed E-state index contributed by atoms with van der Waals surface area (Å²) >= 11 is 0. The first kappa shape index (κ1) is 23.7. The molecule has 32 heavy (non-hydrogen) atoms. The van der Waals surface area contributed by atoms with Crippen molar-refractivity contribution >= 4 is 17.6 Å². The molecule has 1 fully saturated rings. The largest absolute Gasteiger partial charge is 0.468 e. The molecule has 1 aliphatic carbocycles. The van der Waals surface area contributed by atoms with Gasteiger partial charge < -0.3 is 19.5 Å². The lowest BCUT2D eigenvalue weighted by molar-refractivity contribution is -0.133. The van der Waals surface area contributed by atoms with Gasteiger partial charge in [0.25, 0.3) is 0 Å². The molecule has 174 valence electrons. The summed E-state index contributed by atoms with van der Waals surface area (Å²) in [7, 11) is 7.59.